The Kier molecular flexibility index (Phi) is 3.30. The summed E-state index contributed by atoms with van der Waals surface area (Å²) in [5.74, 6) is -0.258. The molecule has 1 aromatic heterocycles. The second-order valence-electron chi connectivity index (χ2n) is 2.29. The van der Waals surface area contributed by atoms with Gasteiger partial charge in [0.15, 0.2) is 5.16 Å². The lowest BCUT2D eigenvalue weighted by atomic mass is 10.5. The Morgan fingerprint density at radius 2 is 2.23 bits per heavy atom. The number of carbonyl (C=O) groups excluding carboxylic acids is 1. The number of hydrogen-bond acceptors (Lipinski definition) is 5. The van der Waals surface area contributed by atoms with Crippen LogP contribution >= 0.6 is 12.6 Å². The highest BCUT2D eigenvalue weighted by atomic mass is 32.1. The third-order valence-electron chi connectivity index (χ3n) is 1.51. The molecule has 6 heteroatoms. The standard InChI is InChI=1S/C7H11N3O2S/c1-3-10-5(6(11)12-4-2)8-9-7(10)13/h3-4H2,1-2H3,(H,9,13). The van der Waals surface area contributed by atoms with E-state index < -0.39 is 5.97 Å². The molecule has 0 aliphatic rings. The number of aromatic nitrogens is 3. The van der Waals surface area contributed by atoms with E-state index in [9.17, 15) is 4.79 Å². The first-order valence-corrected chi connectivity index (χ1v) is 4.44. The van der Waals surface area contributed by atoms with Crippen LogP contribution in [0.15, 0.2) is 5.16 Å². The van der Waals surface area contributed by atoms with E-state index in [1.54, 1.807) is 11.5 Å². The summed E-state index contributed by atoms with van der Waals surface area (Å²) in [7, 11) is 0. The fourth-order valence-electron chi connectivity index (χ4n) is 0.933. The molecule has 1 heterocycles. The summed E-state index contributed by atoms with van der Waals surface area (Å²) in [6, 6.07) is 0. The zero-order valence-corrected chi connectivity index (χ0v) is 8.41. The van der Waals surface area contributed by atoms with Crippen LogP contribution in [0, 0.1) is 0 Å². The predicted molar refractivity (Wildman–Crippen MR) is 48.9 cm³/mol. The van der Waals surface area contributed by atoms with Crippen LogP contribution in [0.25, 0.3) is 0 Å². The van der Waals surface area contributed by atoms with Gasteiger partial charge in [-0.05, 0) is 13.8 Å². The van der Waals surface area contributed by atoms with Crippen molar-refractivity contribution in [3.63, 3.8) is 0 Å². The van der Waals surface area contributed by atoms with Crippen molar-refractivity contribution in [1.29, 1.82) is 0 Å². The van der Waals surface area contributed by atoms with Crippen molar-refractivity contribution in [3.05, 3.63) is 5.82 Å². The van der Waals surface area contributed by atoms with Crippen LogP contribution in [0.5, 0.6) is 0 Å². The molecule has 0 N–H and O–H groups in total. The Morgan fingerprint density at radius 3 is 2.77 bits per heavy atom. The molecule has 0 radical (unpaired) electrons. The molecule has 0 atom stereocenters. The normalized spacial score (nSPS) is 10.1. The first-order chi connectivity index (χ1) is 6.20. The number of thiol groups is 1. The van der Waals surface area contributed by atoms with Crippen LogP contribution in [0.4, 0.5) is 0 Å². The van der Waals surface area contributed by atoms with Crippen molar-refractivity contribution >= 4 is 18.6 Å². The smallest absolute Gasteiger partial charge is 0.376 e. The molecule has 13 heavy (non-hydrogen) atoms. The first-order valence-electron chi connectivity index (χ1n) is 4.00. The molecule has 1 rings (SSSR count). The van der Waals surface area contributed by atoms with Crippen LogP contribution in [-0.2, 0) is 11.3 Å². The Labute approximate surface area is 81.5 Å². The average molecular weight is 201 g/mol. The molecule has 1 aromatic rings. The van der Waals surface area contributed by atoms with E-state index >= 15 is 0 Å². The van der Waals surface area contributed by atoms with E-state index in [0.29, 0.717) is 18.3 Å². The quantitative estimate of drug-likeness (QED) is 0.579. The van der Waals surface area contributed by atoms with Gasteiger partial charge >= 0.3 is 5.97 Å². The van der Waals surface area contributed by atoms with E-state index in [0.717, 1.165) is 0 Å². The monoisotopic (exact) mass is 201 g/mol. The molecule has 0 aromatic carbocycles. The number of rotatable bonds is 3. The van der Waals surface area contributed by atoms with E-state index in [-0.39, 0.29) is 5.82 Å². The van der Waals surface area contributed by atoms with Gasteiger partial charge in [-0.1, -0.05) is 0 Å². The molecule has 5 nitrogen and oxygen atoms in total. The zero-order valence-electron chi connectivity index (χ0n) is 7.52. The second kappa shape index (κ2) is 4.27. The summed E-state index contributed by atoms with van der Waals surface area (Å²) in [6.45, 7) is 4.55. The van der Waals surface area contributed by atoms with E-state index in [2.05, 4.69) is 22.8 Å². The van der Waals surface area contributed by atoms with Crippen LogP contribution in [0.3, 0.4) is 0 Å². The van der Waals surface area contributed by atoms with Gasteiger partial charge in [0.1, 0.15) is 0 Å². The van der Waals surface area contributed by atoms with Crippen LogP contribution in [0.2, 0.25) is 0 Å². The fourth-order valence-corrected chi connectivity index (χ4v) is 1.21. The molecule has 0 bridgehead atoms. The summed E-state index contributed by atoms with van der Waals surface area (Å²) in [6.07, 6.45) is 0. The van der Waals surface area contributed by atoms with Crippen LogP contribution < -0.4 is 0 Å². The van der Waals surface area contributed by atoms with Crippen molar-refractivity contribution in [1.82, 2.24) is 14.8 Å². The molecule has 72 valence electrons. The maximum atomic E-state index is 11.3. The molecular weight excluding hydrogens is 190 g/mol. The van der Waals surface area contributed by atoms with Crippen LogP contribution in [-0.4, -0.2) is 27.3 Å². The minimum Gasteiger partial charge on any atom is -0.460 e. The molecule has 0 aliphatic carbocycles. The Bertz CT molecular complexity index is 311. The van der Waals surface area contributed by atoms with Gasteiger partial charge in [-0.3, -0.25) is 4.57 Å². The predicted octanol–water partition coefficient (Wildman–Crippen LogP) is 0.763. The summed E-state index contributed by atoms with van der Waals surface area (Å²) in [5.41, 5.74) is 0. The molecule has 0 saturated heterocycles. The third kappa shape index (κ3) is 2.00. The molecule has 0 spiro atoms. The van der Waals surface area contributed by atoms with Crippen molar-refractivity contribution in [2.45, 2.75) is 25.5 Å². The highest BCUT2D eigenvalue weighted by Crippen LogP contribution is 2.06. The highest BCUT2D eigenvalue weighted by Gasteiger charge is 2.16. The second-order valence-corrected chi connectivity index (χ2v) is 2.69. The van der Waals surface area contributed by atoms with Gasteiger partial charge in [-0.15, -0.1) is 22.8 Å². The largest absolute Gasteiger partial charge is 0.460 e. The van der Waals surface area contributed by atoms with Crippen molar-refractivity contribution in [2.24, 2.45) is 0 Å². The number of nitrogens with zero attached hydrogens (tertiary/aromatic N) is 3. The first kappa shape index (κ1) is 10.0. The van der Waals surface area contributed by atoms with Gasteiger partial charge in [0.25, 0.3) is 0 Å². The molecule has 0 saturated carbocycles. The van der Waals surface area contributed by atoms with Crippen molar-refractivity contribution < 1.29 is 9.53 Å². The number of carbonyl (C=O) groups is 1. The zero-order chi connectivity index (χ0) is 9.84. The Morgan fingerprint density at radius 1 is 1.54 bits per heavy atom. The van der Waals surface area contributed by atoms with Gasteiger partial charge in [-0.2, -0.15) is 0 Å². The number of esters is 1. The van der Waals surface area contributed by atoms with Crippen LogP contribution in [0.1, 0.15) is 24.5 Å². The minimum absolute atomic E-state index is 0.203. The maximum Gasteiger partial charge on any atom is 0.376 e. The lowest BCUT2D eigenvalue weighted by molar-refractivity contribution is 0.0505. The van der Waals surface area contributed by atoms with Crippen molar-refractivity contribution in [3.8, 4) is 0 Å². The van der Waals surface area contributed by atoms with Gasteiger partial charge < -0.3 is 4.74 Å². The summed E-state index contributed by atoms with van der Waals surface area (Å²) < 4.78 is 6.37. The molecule has 0 fully saturated rings. The van der Waals surface area contributed by atoms with Gasteiger partial charge in [0.05, 0.1) is 6.61 Å². The SMILES string of the molecule is CCOC(=O)c1nnc(S)n1CC. The summed E-state index contributed by atoms with van der Waals surface area (Å²) in [4.78, 5) is 11.3. The topological polar surface area (TPSA) is 57.0 Å². The lowest BCUT2D eigenvalue weighted by Gasteiger charge is -2.03. The fraction of sp³-hybridized carbons (Fsp3) is 0.571. The summed E-state index contributed by atoms with van der Waals surface area (Å²) >= 11 is 4.04. The van der Waals surface area contributed by atoms with Gasteiger partial charge in [-0.25, -0.2) is 4.79 Å². The van der Waals surface area contributed by atoms with E-state index in [1.807, 2.05) is 6.92 Å². The van der Waals surface area contributed by atoms with Gasteiger partial charge in [0, 0.05) is 6.54 Å². The molecular formula is C7H11N3O2S. The average Bonchev–Trinajstić information content (AvgIpc) is 2.47. The molecule has 0 aliphatic heterocycles. The van der Waals surface area contributed by atoms with Crippen molar-refractivity contribution in [2.75, 3.05) is 6.61 Å². The lowest BCUT2D eigenvalue weighted by Crippen LogP contribution is -2.13. The summed E-state index contributed by atoms with van der Waals surface area (Å²) in [5, 5.41) is 7.76. The number of ether oxygens (including phenoxy) is 1. The van der Waals surface area contributed by atoms with E-state index in [4.69, 9.17) is 4.74 Å². The van der Waals surface area contributed by atoms with Gasteiger partial charge in [0.2, 0.25) is 5.82 Å². The molecule has 0 unspecified atom stereocenters. The molecule has 0 amide bonds. The minimum atomic E-state index is -0.461. The Balaban J connectivity index is 2.93. The van der Waals surface area contributed by atoms with E-state index in [1.165, 1.54) is 0 Å². The number of hydrogen-bond donors (Lipinski definition) is 1. The highest BCUT2D eigenvalue weighted by molar-refractivity contribution is 7.80. The maximum absolute atomic E-state index is 11.3. The third-order valence-corrected chi connectivity index (χ3v) is 1.84. The Hall–Kier alpha value is -1.04.